The van der Waals surface area contributed by atoms with Crippen LogP contribution in [0.5, 0.6) is 0 Å². The number of amides is 1. The summed E-state index contributed by atoms with van der Waals surface area (Å²) in [7, 11) is 0. The second kappa shape index (κ2) is 54.0. The lowest BCUT2D eigenvalue weighted by molar-refractivity contribution is -0.143. The third-order valence-corrected chi connectivity index (χ3v) is 13.2. The molecule has 0 aliphatic carbocycles. The summed E-state index contributed by atoms with van der Waals surface area (Å²) in [6.45, 7) is 4.89. The number of nitrogens with one attached hydrogen (secondary N) is 1. The quantitative estimate of drug-likeness (QED) is 0.0321. The fourth-order valence-electron chi connectivity index (χ4n) is 8.81. The number of esters is 1. The van der Waals surface area contributed by atoms with E-state index in [9.17, 15) is 19.8 Å². The minimum Gasteiger partial charge on any atom is -0.466 e. The number of hydrogen-bond acceptors (Lipinski definition) is 5. The van der Waals surface area contributed by atoms with E-state index in [1.54, 1.807) is 6.08 Å². The van der Waals surface area contributed by atoms with Crippen LogP contribution < -0.4 is 5.32 Å². The van der Waals surface area contributed by atoms with Crippen LogP contribution in [-0.2, 0) is 14.3 Å². The highest BCUT2D eigenvalue weighted by Gasteiger charge is 2.18. The first-order chi connectivity index (χ1) is 31.5. The van der Waals surface area contributed by atoms with Crippen molar-refractivity contribution in [3.63, 3.8) is 0 Å². The summed E-state index contributed by atoms with van der Waals surface area (Å²) in [5.41, 5.74) is 0. The fourth-order valence-corrected chi connectivity index (χ4v) is 8.81. The fraction of sp³-hybridized carbons (Fsp3) is 0.897. The molecule has 0 saturated heterocycles. The molecule has 0 rings (SSSR count). The van der Waals surface area contributed by atoms with E-state index < -0.39 is 12.1 Å². The molecule has 0 fully saturated rings. The Balaban J connectivity index is 3.45. The number of hydrogen-bond donors (Lipinski definition) is 3. The lowest BCUT2D eigenvalue weighted by Crippen LogP contribution is -2.45. The number of rotatable bonds is 53. The Labute approximate surface area is 399 Å². The average molecular weight is 903 g/mol. The number of aliphatic hydroxyl groups excluding tert-OH is 2. The number of ether oxygens (including phenoxy) is 1. The molecular weight excluding hydrogens is 791 g/mol. The van der Waals surface area contributed by atoms with Gasteiger partial charge in [-0.05, 0) is 57.8 Å². The Kier molecular flexibility index (Phi) is 52.6. The zero-order valence-corrected chi connectivity index (χ0v) is 43.0. The van der Waals surface area contributed by atoms with Crippen molar-refractivity contribution in [3.8, 4) is 0 Å². The predicted molar refractivity (Wildman–Crippen MR) is 278 cm³/mol. The van der Waals surface area contributed by atoms with Crippen LogP contribution in [0.2, 0.25) is 0 Å². The second-order valence-corrected chi connectivity index (χ2v) is 19.6. The molecule has 0 bridgehead atoms. The molecule has 0 aliphatic heterocycles. The summed E-state index contributed by atoms with van der Waals surface area (Å²) in [5.74, 6) is -0.0785. The van der Waals surface area contributed by atoms with Gasteiger partial charge in [-0.2, -0.15) is 0 Å². The van der Waals surface area contributed by atoms with E-state index in [-0.39, 0.29) is 18.5 Å². The van der Waals surface area contributed by atoms with Crippen molar-refractivity contribution < 1.29 is 24.5 Å². The lowest BCUT2D eigenvalue weighted by Gasteiger charge is -2.20. The van der Waals surface area contributed by atoms with Crippen molar-refractivity contribution in [2.45, 2.75) is 321 Å². The van der Waals surface area contributed by atoms with E-state index >= 15 is 0 Å². The zero-order chi connectivity index (χ0) is 46.5. The standard InChI is InChI=1S/C58H111NO5/c1-3-5-7-9-11-13-15-17-18-20-24-28-32-36-40-44-48-52-58(63)64-53-49-45-41-37-33-29-25-22-19-21-23-27-31-35-39-43-47-51-57(62)59-55(54-60)56(61)50-46-42-38-34-30-26-16-14-12-10-8-6-4-2/h19,22,46,50,55-56,60-61H,3-18,20-21,23-45,47-49,51-54H2,1-2H3,(H,59,62)/b22-19-,50-46+. The molecule has 378 valence electrons. The van der Waals surface area contributed by atoms with Gasteiger partial charge in [-0.15, -0.1) is 0 Å². The van der Waals surface area contributed by atoms with Crippen molar-refractivity contribution in [3.05, 3.63) is 24.3 Å². The molecule has 3 N–H and O–H groups in total. The molecule has 2 atom stereocenters. The Morgan fingerprint density at radius 2 is 0.734 bits per heavy atom. The van der Waals surface area contributed by atoms with Gasteiger partial charge >= 0.3 is 5.97 Å². The van der Waals surface area contributed by atoms with E-state index in [0.717, 1.165) is 57.8 Å². The normalized spacial score (nSPS) is 12.8. The van der Waals surface area contributed by atoms with E-state index in [2.05, 4.69) is 31.3 Å². The Morgan fingerprint density at radius 3 is 1.11 bits per heavy atom. The van der Waals surface area contributed by atoms with Gasteiger partial charge in [0.15, 0.2) is 0 Å². The van der Waals surface area contributed by atoms with E-state index in [1.807, 2.05) is 6.08 Å². The maximum atomic E-state index is 12.4. The molecule has 0 aromatic heterocycles. The third kappa shape index (κ3) is 49.8. The highest BCUT2D eigenvalue weighted by atomic mass is 16.5. The smallest absolute Gasteiger partial charge is 0.305 e. The predicted octanol–water partition coefficient (Wildman–Crippen LogP) is 17.5. The number of unbranched alkanes of at least 4 members (excludes halogenated alkanes) is 40. The van der Waals surface area contributed by atoms with Crippen LogP contribution in [0.4, 0.5) is 0 Å². The van der Waals surface area contributed by atoms with Crippen molar-refractivity contribution in [2.75, 3.05) is 13.2 Å². The van der Waals surface area contributed by atoms with Crippen molar-refractivity contribution in [1.29, 1.82) is 0 Å². The van der Waals surface area contributed by atoms with E-state index in [4.69, 9.17) is 4.74 Å². The van der Waals surface area contributed by atoms with Crippen LogP contribution in [-0.4, -0.2) is 47.4 Å². The molecule has 6 heteroatoms. The summed E-state index contributed by atoms with van der Waals surface area (Å²) >= 11 is 0. The monoisotopic (exact) mass is 902 g/mol. The Bertz CT molecular complexity index is 997. The van der Waals surface area contributed by atoms with Crippen molar-refractivity contribution in [1.82, 2.24) is 5.32 Å². The first-order valence-corrected chi connectivity index (χ1v) is 28.6. The van der Waals surface area contributed by atoms with Gasteiger partial charge in [-0.1, -0.05) is 263 Å². The number of carbonyl (C=O) groups is 2. The van der Waals surface area contributed by atoms with Crippen molar-refractivity contribution >= 4 is 11.9 Å². The van der Waals surface area contributed by atoms with Crippen LogP contribution in [0.3, 0.4) is 0 Å². The molecule has 0 aliphatic rings. The molecule has 0 aromatic carbocycles. The van der Waals surface area contributed by atoms with Gasteiger partial charge in [0.1, 0.15) is 0 Å². The van der Waals surface area contributed by atoms with Crippen LogP contribution in [0, 0.1) is 0 Å². The van der Waals surface area contributed by atoms with Crippen LogP contribution in [0.25, 0.3) is 0 Å². The molecule has 0 spiro atoms. The third-order valence-electron chi connectivity index (χ3n) is 13.2. The summed E-state index contributed by atoms with van der Waals surface area (Å²) in [5, 5.41) is 23.0. The first-order valence-electron chi connectivity index (χ1n) is 28.6. The number of aliphatic hydroxyl groups is 2. The second-order valence-electron chi connectivity index (χ2n) is 19.6. The van der Waals surface area contributed by atoms with Gasteiger partial charge in [0.05, 0.1) is 25.4 Å². The molecule has 64 heavy (non-hydrogen) atoms. The van der Waals surface area contributed by atoms with Gasteiger partial charge in [-0.25, -0.2) is 0 Å². The molecule has 0 radical (unpaired) electrons. The highest BCUT2D eigenvalue weighted by Crippen LogP contribution is 2.17. The van der Waals surface area contributed by atoms with Gasteiger partial charge in [0.2, 0.25) is 5.91 Å². The summed E-state index contributed by atoms with van der Waals surface area (Å²) in [4.78, 5) is 24.5. The molecule has 1 amide bonds. The maximum Gasteiger partial charge on any atom is 0.305 e. The topological polar surface area (TPSA) is 95.9 Å². The molecular formula is C58H111NO5. The minimum atomic E-state index is -0.851. The van der Waals surface area contributed by atoms with E-state index in [1.165, 1.54) is 225 Å². The first kappa shape index (κ1) is 62.3. The molecule has 0 heterocycles. The Morgan fingerprint density at radius 1 is 0.422 bits per heavy atom. The number of allylic oxidation sites excluding steroid dienone is 3. The largest absolute Gasteiger partial charge is 0.466 e. The maximum absolute atomic E-state index is 12.4. The molecule has 6 nitrogen and oxygen atoms in total. The lowest BCUT2D eigenvalue weighted by atomic mass is 10.0. The average Bonchev–Trinajstić information content (AvgIpc) is 3.29. The summed E-state index contributed by atoms with van der Waals surface area (Å²) < 4.78 is 5.48. The summed E-state index contributed by atoms with van der Waals surface area (Å²) in [6, 6.07) is -0.635. The van der Waals surface area contributed by atoms with Crippen LogP contribution in [0.15, 0.2) is 24.3 Å². The molecule has 2 unspecified atom stereocenters. The molecule has 0 saturated carbocycles. The summed E-state index contributed by atoms with van der Waals surface area (Å²) in [6.07, 6.45) is 64.8. The SMILES string of the molecule is CCCCCCCCCCCCC/C=C/C(O)C(CO)NC(=O)CCCCCCCCC/C=C\CCCCCCCCOC(=O)CCCCCCCCCCCCCCCCCCC. The number of carbonyl (C=O) groups excluding carboxylic acids is 2. The van der Waals surface area contributed by atoms with Crippen LogP contribution >= 0.6 is 0 Å². The molecule has 0 aromatic rings. The van der Waals surface area contributed by atoms with Crippen LogP contribution in [0.1, 0.15) is 309 Å². The van der Waals surface area contributed by atoms with Gasteiger partial charge in [-0.3, -0.25) is 9.59 Å². The Hall–Kier alpha value is -1.66. The van der Waals surface area contributed by atoms with Gasteiger partial charge in [0.25, 0.3) is 0 Å². The van der Waals surface area contributed by atoms with Gasteiger partial charge in [0, 0.05) is 12.8 Å². The van der Waals surface area contributed by atoms with Crippen molar-refractivity contribution in [2.24, 2.45) is 0 Å². The zero-order valence-electron chi connectivity index (χ0n) is 43.0. The highest BCUT2D eigenvalue weighted by molar-refractivity contribution is 5.76. The minimum absolute atomic E-state index is 0.00116. The van der Waals surface area contributed by atoms with Gasteiger partial charge < -0.3 is 20.3 Å². The van der Waals surface area contributed by atoms with E-state index in [0.29, 0.717) is 19.4 Å².